The van der Waals surface area contributed by atoms with Gasteiger partial charge in [0.2, 0.25) is 11.8 Å². The third-order valence-corrected chi connectivity index (χ3v) is 3.26. The molecule has 102 valence electrons. The lowest BCUT2D eigenvalue weighted by atomic mass is 10.1. The minimum absolute atomic E-state index is 0.0770. The number of carbonyl (C=O) groups excluding carboxylic acids is 2. The Labute approximate surface area is 112 Å². The second-order valence-electron chi connectivity index (χ2n) is 4.77. The van der Waals surface area contributed by atoms with E-state index in [9.17, 15) is 9.59 Å². The molecular formula is C14H19N3O2. The number of amides is 2. The van der Waals surface area contributed by atoms with Crippen molar-refractivity contribution in [2.45, 2.75) is 19.8 Å². The van der Waals surface area contributed by atoms with E-state index < -0.39 is 0 Å². The average molecular weight is 261 g/mol. The highest BCUT2D eigenvalue weighted by molar-refractivity contribution is 5.95. The van der Waals surface area contributed by atoms with Crippen molar-refractivity contribution in [3.63, 3.8) is 0 Å². The van der Waals surface area contributed by atoms with E-state index in [2.05, 4.69) is 16.0 Å². The highest BCUT2D eigenvalue weighted by atomic mass is 16.2. The van der Waals surface area contributed by atoms with Gasteiger partial charge in [0.1, 0.15) is 0 Å². The maximum Gasteiger partial charge on any atom is 0.239 e. The molecule has 19 heavy (non-hydrogen) atoms. The Morgan fingerprint density at radius 3 is 2.58 bits per heavy atom. The molecule has 5 heteroatoms. The Hall–Kier alpha value is -2.04. The molecule has 2 rings (SSSR count). The van der Waals surface area contributed by atoms with Crippen LogP contribution >= 0.6 is 0 Å². The van der Waals surface area contributed by atoms with E-state index >= 15 is 0 Å². The summed E-state index contributed by atoms with van der Waals surface area (Å²) in [4.78, 5) is 23.0. The van der Waals surface area contributed by atoms with Gasteiger partial charge < -0.3 is 16.0 Å². The number of hydrogen-bond acceptors (Lipinski definition) is 3. The van der Waals surface area contributed by atoms with E-state index in [0.29, 0.717) is 0 Å². The number of anilines is 2. The molecule has 1 aliphatic carbocycles. The fourth-order valence-electron chi connectivity index (χ4n) is 1.81. The van der Waals surface area contributed by atoms with Gasteiger partial charge in [-0.25, -0.2) is 0 Å². The van der Waals surface area contributed by atoms with Crippen molar-refractivity contribution in [2.75, 3.05) is 24.2 Å². The molecule has 0 heterocycles. The summed E-state index contributed by atoms with van der Waals surface area (Å²) in [6.45, 7) is 2.14. The minimum Gasteiger partial charge on any atom is -0.376 e. The SMILES string of the molecule is CNC(=O)CNc1cccc(NC(=O)C2CC2)c1C. The van der Waals surface area contributed by atoms with Crippen LogP contribution in [0, 0.1) is 12.8 Å². The molecule has 0 spiro atoms. The van der Waals surface area contributed by atoms with Crippen LogP contribution in [-0.4, -0.2) is 25.4 Å². The molecule has 1 saturated carbocycles. The number of carbonyl (C=O) groups is 2. The Bertz CT molecular complexity index is 495. The second-order valence-corrected chi connectivity index (χ2v) is 4.77. The zero-order valence-electron chi connectivity index (χ0n) is 11.2. The first kappa shape index (κ1) is 13.4. The van der Waals surface area contributed by atoms with Crippen molar-refractivity contribution in [1.82, 2.24) is 5.32 Å². The topological polar surface area (TPSA) is 70.2 Å². The Morgan fingerprint density at radius 2 is 1.95 bits per heavy atom. The molecule has 0 unspecified atom stereocenters. The lowest BCUT2D eigenvalue weighted by Crippen LogP contribution is -2.26. The number of benzene rings is 1. The van der Waals surface area contributed by atoms with E-state index in [1.165, 1.54) is 0 Å². The number of rotatable bonds is 5. The lowest BCUT2D eigenvalue weighted by molar-refractivity contribution is -0.119. The second kappa shape index (κ2) is 5.73. The molecule has 0 atom stereocenters. The predicted octanol–water partition coefficient (Wildman–Crippen LogP) is 1.50. The maximum absolute atomic E-state index is 11.8. The number of hydrogen-bond donors (Lipinski definition) is 3. The van der Waals surface area contributed by atoms with E-state index in [-0.39, 0.29) is 24.3 Å². The third-order valence-electron chi connectivity index (χ3n) is 3.26. The molecule has 0 aliphatic heterocycles. The van der Waals surface area contributed by atoms with Crippen LogP contribution in [0.25, 0.3) is 0 Å². The quantitative estimate of drug-likeness (QED) is 0.752. The molecule has 0 saturated heterocycles. The number of nitrogens with one attached hydrogen (secondary N) is 3. The van der Waals surface area contributed by atoms with Gasteiger partial charge in [0.05, 0.1) is 6.54 Å². The molecule has 0 aromatic heterocycles. The van der Waals surface area contributed by atoms with E-state index in [1.54, 1.807) is 7.05 Å². The molecule has 1 aromatic rings. The van der Waals surface area contributed by atoms with Crippen molar-refractivity contribution < 1.29 is 9.59 Å². The normalized spacial score (nSPS) is 13.8. The molecule has 0 bridgehead atoms. The molecule has 1 fully saturated rings. The molecule has 1 aliphatic rings. The highest BCUT2D eigenvalue weighted by Crippen LogP contribution is 2.31. The van der Waals surface area contributed by atoms with Crippen LogP contribution in [0.15, 0.2) is 18.2 Å². The molecule has 3 N–H and O–H groups in total. The van der Waals surface area contributed by atoms with E-state index in [4.69, 9.17) is 0 Å². The molecule has 2 amide bonds. The van der Waals surface area contributed by atoms with Crippen LogP contribution in [0.5, 0.6) is 0 Å². The van der Waals surface area contributed by atoms with Gasteiger partial charge in [0, 0.05) is 24.3 Å². The van der Waals surface area contributed by atoms with Gasteiger partial charge in [0.25, 0.3) is 0 Å². The van der Waals surface area contributed by atoms with Gasteiger partial charge in [-0.15, -0.1) is 0 Å². The van der Waals surface area contributed by atoms with Crippen molar-refractivity contribution in [3.8, 4) is 0 Å². The van der Waals surface area contributed by atoms with Crippen LogP contribution in [0.2, 0.25) is 0 Å². The third kappa shape index (κ3) is 3.47. The van der Waals surface area contributed by atoms with Crippen LogP contribution in [0.3, 0.4) is 0 Å². The highest BCUT2D eigenvalue weighted by Gasteiger charge is 2.29. The summed E-state index contributed by atoms with van der Waals surface area (Å²) in [7, 11) is 1.60. The largest absolute Gasteiger partial charge is 0.376 e. The summed E-state index contributed by atoms with van der Waals surface area (Å²) in [5.41, 5.74) is 2.61. The van der Waals surface area contributed by atoms with E-state index in [0.717, 1.165) is 29.8 Å². The summed E-state index contributed by atoms with van der Waals surface area (Å²) in [6, 6.07) is 5.63. The molecular weight excluding hydrogens is 242 g/mol. The van der Waals surface area contributed by atoms with Crippen LogP contribution < -0.4 is 16.0 Å². The summed E-state index contributed by atoms with van der Waals surface area (Å²) < 4.78 is 0. The monoisotopic (exact) mass is 261 g/mol. The van der Waals surface area contributed by atoms with Crippen molar-refractivity contribution in [1.29, 1.82) is 0 Å². The van der Waals surface area contributed by atoms with Crippen LogP contribution in [-0.2, 0) is 9.59 Å². The van der Waals surface area contributed by atoms with E-state index in [1.807, 2.05) is 25.1 Å². The zero-order chi connectivity index (χ0) is 13.8. The van der Waals surface area contributed by atoms with Gasteiger partial charge in [-0.2, -0.15) is 0 Å². The first-order valence-electron chi connectivity index (χ1n) is 6.46. The molecule has 0 radical (unpaired) electrons. The van der Waals surface area contributed by atoms with Crippen molar-refractivity contribution in [3.05, 3.63) is 23.8 Å². The van der Waals surface area contributed by atoms with Crippen molar-refractivity contribution in [2.24, 2.45) is 5.92 Å². The van der Waals surface area contributed by atoms with Gasteiger partial charge in [0.15, 0.2) is 0 Å². The van der Waals surface area contributed by atoms with Gasteiger partial charge in [-0.05, 0) is 37.5 Å². The lowest BCUT2D eigenvalue weighted by Gasteiger charge is -2.13. The standard InChI is InChI=1S/C14H19N3O2/c1-9-11(16-8-13(18)15-2)4-3-5-12(9)17-14(19)10-6-7-10/h3-5,10,16H,6-8H2,1-2H3,(H,15,18)(H,17,19). The number of likely N-dealkylation sites (N-methyl/N-ethyl adjacent to an activating group) is 1. The van der Waals surface area contributed by atoms with Crippen LogP contribution in [0.4, 0.5) is 11.4 Å². The summed E-state index contributed by atoms with van der Waals surface area (Å²) in [5, 5.41) is 8.55. The Morgan fingerprint density at radius 1 is 1.26 bits per heavy atom. The van der Waals surface area contributed by atoms with Gasteiger partial charge in [-0.3, -0.25) is 9.59 Å². The smallest absolute Gasteiger partial charge is 0.239 e. The summed E-state index contributed by atoms with van der Waals surface area (Å²) >= 11 is 0. The average Bonchev–Trinajstić information content (AvgIpc) is 3.23. The zero-order valence-corrected chi connectivity index (χ0v) is 11.2. The summed E-state index contributed by atoms with van der Waals surface area (Å²) in [6.07, 6.45) is 1.97. The Balaban J connectivity index is 2.04. The fourth-order valence-corrected chi connectivity index (χ4v) is 1.81. The minimum atomic E-state index is -0.0770. The van der Waals surface area contributed by atoms with Crippen LogP contribution in [0.1, 0.15) is 18.4 Å². The van der Waals surface area contributed by atoms with Gasteiger partial charge >= 0.3 is 0 Å². The first-order valence-corrected chi connectivity index (χ1v) is 6.46. The summed E-state index contributed by atoms with van der Waals surface area (Å²) in [5.74, 6) is 0.195. The maximum atomic E-state index is 11.8. The van der Waals surface area contributed by atoms with Gasteiger partial charge in [-0.1, -0.05) is 6.07 Å². The Kier molecular flexibility index (Phi) is 4.04. The molecule has 1 aromatic carbocycles. The predicted molar refractivity (Wildman–Crippen MR) is 75.1 cm³/mol. The fraction of sp³-hybridized carbons (Fsp3) is 0.429. The van der Waals surface area contributed by atoms with Crippen molar-refractivity contribution >= 4 is 23.2 Å². The molecule has 5 nitrogen and oxygen atoms in total. The first-order chi connectivity index (χ1) is 9.11.